The Balaban J connectivity index is 2.04. The van der Waals surface area contributed by atoms with E-state index < -0.39 is 0 Å². The van der Waals surface area contributed by atoms with E-state index in [9.17, 15) is 0 Å². The van der Waals surface area contributed by atoms with Gasteiger partial charge in [-0.25, -0.2) is 0 Å². The minimum Gasteiger partial charge on any atom is -0.497 e. The zero-order valence-corrected chi connectivity index (χ0v) is 16.8. The maximum absolute atomic E-state index is 5.32. The van der Waals surface area contributed by atoms with Crippen LogP contribution < -0.4 is 4.74 Å². The fourth-order valence-electron chi connectivity index (χ4n) is 2.60. The molecule has 0 radical (unpaired) electrons. The van der Waals surface area contributed by atoms with Gasteiger partial charge in [0.1, 0.15) is 5.75 Å². The van der Waals surface area contributed by atoms with Crippen LogP contribution in [0.25, 0.3) is 10.8 Å². The van der Waals surface area contributed by atoms with Crippen molar-refractivity contribution in [3.8, 4) is 5.75 Å². The molecule has 0 fully saturated rings. The maximum atomic E-state index is 5.32. The van der Waals surface area contributed by atoms with Gasteiger partial charge in [-0.2, -0.15) is 0 Å². The van der Waals surface area contributed by atoms with E-state index in [0.29, 0.717) is 4.58 Å². The van der Waals surface area contributed by atoms with Crippen LogP contribution in [-0.4, -0.2) is 23.2 Å². The molecule has 24 heavy (non-hydrogen) atoms. The SMILES string of the molecule is CCCCSC(Cc1ccc2cc(OC)ccc2c1)SCCCC. The van der Waals surface area contributed by atoms with Gasteiger partial charge in [-0.15, -0.1) is 23.5 Å². The Bertz CT molecular complexity index is 602. The predicted octanol–water partition coefficient (Wildman–Crippen LogP) is 6.78. The Morgan fingerprint density at radius 1 is 0.875 bits per heavy atom. The van der Waals surface area contributed by atoms with Crippen molar-refractivity contribution in [3.63, 3.8) is 0 Å². The molecule has 3 heteroatoms. The number of unbranched alkanes of at least 4 members (excludes halogenated alkanes) is 2. The average Bonchev–Trinajstić information content (AvgIpc) is 2.61. The first-order chi connectivity index (χ1) is 11.8. The van der Waals surface area contributed by atoms with E-state index in [1.807, 2.05) is 0 Å². The number of fused-ring (bicyclic) bond motifs is 1. The van der Waals surface area contributed by atoms with Gasteiger partial charge >= 0.3 is 0 Å². The van der Waals surface area contributed by atoms with Gasteiger partial charge in [-0.1, -0.05) is 51.0 Å². The smallest absolute Gasteiger partial charge is 0.119 e. The van der Waals surface area contributed by atoms with Crippen molar-refractivity contribution >= 4 is 34.3 Å². The molecular formula is C21H30OS2. The van der Waals surface area contributed by atoms with E-state index in [-0.39, 0.29) is 0 Å². The molecule has 0 heterocycles. The highest BCUT2D eigenvalue weighted by Gasteiger charge is 2.11. The van der Waals surface area contributed by atoms with Gasteiger partial charge in [-0.3, -0.25) is 0 Å². The lowest BCUT2D eigenvalue weighted by Crippen LogP contribution is -2.05. The van der Waals surface area contributed by atoms with E-state index in [2.05, 4.69) is 73.8 Å². The molecule has 0 atom stereocenters. The van der Waals surface area contributed by atoms with Gasteiger partial charge in [0.2, 0.25) is 0 Å². The number of thioether (sulfide) groups is 2. The molecule has 0 amide bonds. The molecule has 2 aromatic carbocycles. The summed E-state index contributed by atoms with van der Waals surface area (Å²) in [5.74, 6) is 3.49. The Morgan fingerprint density at radius 2 is 1.50 bits per heavy atom. The minimum absolute atomic E-state index is 0.679. The van der Waals surface area contributed by atoms with E-state index in [1.165, 1.54) is 53.5 Å². The van der Waals surface area contributed by atoms with E-state index in [1.54, 1.807) is 7.11 Å². The molecule has 0 saturated carbocycles. The number of ether oxygens (including phenoxy) is 1. The second-order valence-corrected chi connectivity index (χ2v) is 9.05. The van der Waals surface area contributed by atoms with Crippen LogP contribution in [0.5, 0.6) is 5.75 Å². The van der Waals surface area contributed by atoms with Crippen LogP contribution in [-0.2, 0) is 6.42 Å². The zero-order valence-electron chi connectivity index (χ0n) is 15.2. The Morgan fingerprint density at radius 3 is 2.12 bits per heavy atom. The first-order valence-corrected chi connectivity index (χ1v) is 11.2. The summed E-state index contributed by atoms with van der Waals surface area (Å²) in [7, 11) is 1.72. The number of hydrogen-bond acceptors (Lipinski definition) is 3. The first-order valence-electron chi connectivity index (χ1n) is 9.06. The van der Waals surface area contributed by atoms with Crippen LogP contribution in [0.4, 0.5) is 0 Å². The quantitative estimate of drug-likeness (QED) is 0.322. The lowest BCUT2D eigenvalue weighted by Gasteiger charge is -2.17. The summed E-state index contributed by atoms with van der Waals surface area (Å²) in [6.07, 6.45) is 6.39. The standard InChI is InChI=1S/C21H30OS2/c1-4-6-12-23-21(24-13-7-5-2)15-17-8-9-19-16-20(22-3)11-10-18(19)14-17/h8-11,14,16,21H,4-7,12-13,15H2,1-3H3. The van der Waals surface area contributed by atoms with Gasteiger partial charge < -0.3 is 4.74 Å². The maximum Gasteiger partial charge on any atom is 0.119 e. The van der Waals surface area contributed by atoms with Crippen molar-refractivity contribution in [1.29, 1.82) is 0 Å². The van der Waals surface area contributed by atoms with Crippen molar-refractivity contribution in [2.24, 2.45) is 0 Å². The molecule has 0 aliphatic rings. The minimum atomic E-state index is 0.679. The topological polar surface area (TPSA) is 9.23 Å². The summed E-state index contributed by atoms with van der Waals surface area (Å²) >= 11 is 4.29. The van der Waals surface area contributed by atoms with Gasteiger partial charge in [0.15, 0.2) is 0 Å². The van der Waals surface area contributed by atoms with E-state index >= 15 is 0 Å². The van der Waals surface area contributed by atoms with E-state index in [4.69, 9.17) is 4.74 Å². The summed E-state index contributed by atoms with van der Waals surface area (Å²) in [5.41, 5.74) is 1.45. The second-order valence-electron chi connectivity index (χ2n) is 6.13. The van der Waals surface area contributed by atoms with Gasteiger partial charge in [-0.05, 0) is 59.2 Å². The molecule has 1 nitrogen and oxygen atoms in total. The third-order valence-corrected chi connectivity index (χ3v) is 7.06. The molecule has 0 bridgehead atoms. The highest BCUT2D eigenvalue weighted by molar-refractivity contribution is 8.17. The summed E-state index contributed by atoms with van der Waals surface area (Å²) in [4.78, 5) is 0. The lowest BCUT2D eigenvalue weighted by molar-refractivity contribution is 0.415. The highest BCUT2D eigenvalue weighted by Crippen LogP contribution is 2.30. The lowest BCUT2D eigenvalue weighted by atomic mass is 10.1. The van der Waals surface area contributed by atoms with Gasteiger partial charge in [0, 0.05) is 0 Å². The number of hydrogen-bond donors (Lipinski definition) is 0. The van der Waals surface area contributed by atoms with Crippen molar-refractivity contribution in [2.75, 3.05) is 18.6 Å². The van der Waals surface area contributed by atoms with Crippen molar-refractivity contribution in [2.45, 2.75) is 50.5 Å². The fraction of sp³-hybridized carbons (Fsp3) is 0.524. The Hall–Kier alpha value is -0.800. The van der Waals surface area contributed by atoms with Crippen molar-refractivity contribution < 1.29 is 4.74 Å². The number of methoxy groups -OCH3 is 1. The fourth-order valence-corrected chi connectivity index (χ4v) is 5.62. The van der Waals surface area contributed by atoms with Crippen LogP contribution in [0.15, 0.2) is 36.4 Å². The normalized spacial score (nSPS) is 11.3. The summed E-state index contributed by atoms with van der Waals surface area (Å²) in [6, 6.07) is 13.2. The van der Waals surface area contributed by atoms with Crippen LogP contribution in [0.2, 0.25) is 0 Å². The van der Waals surface area contributed by atoms with E-state index in [0.717, 1.165) is 12.2 Å². The molecule has 2 rings (SSSR count). The summed E-state index contributed by atoms with van der Waals surface area (Å²) in [6.45, 7) is 4.55. The summed E-state index contributed by atoms with van der Waals surface area (Å²) < 4.78 is 6.00. The molecule has 0 saturated heterocycles. The first kappa shape index (κ1) is 19.5. The zero-order chi connectivity index (χ0) is 17.2. The van der Waals surface area contributed by atoms with Crippen LogP contribution >= 0.6 is 23.5 Å². The van der Waals surface area contributed by atoms with Crippen LogP contribution in [0.3, 0.4) is 0 Å². The second kappa shape index (κ2) is 10.9. The average molecular weight is 363 g/mol. The molecule has 132 valence electrons. The monoisotopic (exact) mass is 362 g/mol. The molecular weight excluding hydrogens is 332 g/mol. The molecule has 0 spiro atoms. The molecule has 0 unspecified atom stereocenters. The molecule has 0 N–H and O–H groups in total. The molecule has 0 aromatic heterocycles. The third-order valence-electron chi connectivity index (χ3n) is 4.12. The van der Waals surface area contributed by atoms with Crippen molar-refractivity contribution in [1.82, 2.24) is 0 Å². The largest absolute Gasteiger partial charge is 0.497 e. The molecule has 0 aliphatic heterocycles. The van der Waals surface area contributed by atoms with Crippen LogP contribution in [0, 0.1) is 0 Å². The van der Waals surface area contributed by atoms with Crippen LogP contribution in [0.1, 0.15) is 45.1 Å². The van der Waals surface area contributed by atoms with Gasteiger partial charge in [0.25, 0.3) is 0 Å². The Labute approximate surface area is 155 Å². The Kier molecular flexibility index (Phi) is 8.90. The predicted molar refractivity (Wildman–Crippen MR) is 113 cm³/mol. The summed E-state index contributed by atoms with van der Waals surface area (Å²) in [5, 5.41) is 2.57. The number of rotatable bonds is 11. The number of benzene rings is 2. The van der Waals surface area contributed by atoms with Gasteiger partial charge in [0.05, 0.1) is 11.7 Å². The third kappa shape index (κ3) is 6.25. The molecule has 2 aromatic rings. The van der Waals surface area contributed by atoms with Crippen molar-refractivity contribution in [3.05, 3.63) is 42.0 Å². The highest BCUT2D eigenvalue weighted by atomic mass is 32.2. The molecule has 0 aliphatic carbocycles.